The predicted molar refractivity (Wildman–Crippen MR) is 81.2 cm³/mol. The van der Waals surface area contributed by atoms with Crippen molar-refractivity contribution in [3.05, 3.63) is 40.9 Å². The van der Waals surface area contributed by atoms with Crippen LogP contribution in [0.3, 0.4) is 0 Å². The first-order valence-electron chi connectivity index (χ1n) is 7.44. The quantitative estimate of drug-likeness (QED) is 0.937. The number of benzene rings is 1. The smallest absolute Gasteiger partial charge is 0.263 e. The molecule has 1 saturated heterocycles. The van der Waals surface area contributed by atoms with Crippen LogP contribution >= 0.6 is 11.3 Å². The van der Waals surface area contributed by atoms with E-state index in [4.69, 9.17) is 4.74 Å². The molecule has 7 heteroatoms. The number of thiazole rings is 1. The lowest BCUT2D eigenvalue weighted by Crippen LogP contribution is -2.42. The average molecular weight is 336 g/mol. The van der Waals surface area contributed by atoms with Gasteiger partial charge in [0, 0.05) is 0 Å². The van der Waals surface area contributed by atoms with Crippen LogP contribution in [0.25, 0.3) is 10.6 Å². The van der Waals surface area contributed by atoms with E-state index in [2.05, 4.69) is 10.3 Å². The summed E-state index contributed by atoms with van der Waals surface area (Å²) in [5.41, 5.74) is -0.195. The van der Waals surface area contributed by atoms with E-state index >= 15 is 0 Å². The molecule has 1 saturated carbocycles. The van der Waals surface area contributed by atoms with Crippen molar-refractivity contribution in [2.75, 3.05) is 6.61 Å². The molecule has 1 aliphatic carbocycles. The number of hydrogen-bond donors (Lipinski definition) is 1. The van der Waals surface area contributed by atoms with Gasteiger partial charge in [-0.3, -0.25) is 4.79 Å². The molecule has 1 aromatic carbocycles. The maximum Gasteiger partial charge on any atom is 0.263 e. The van der Waals surface area contributed by atoms with Gasteiger partial charge in [0.2, 0.25) is 0 Å². The first-order valence-corrected chi connectivity index (χ1v) is 8.26. The Balaban J connectivity index is 1.52. The summed E-state index contributed by atoms with van der Waals surface area (Å²) >= 11 is 0.982. The maximum absolute atomic E-state index is 13.8. The average Bonchev–Trinajstić information content (AvgIpc) is 3.23. The number of nitrogens with zero attached hydrogens (tertiary/aromatic N) is 1. The largest absolute Gasteiger partial charge is 0.376 e. The number of amides is 1. The van der Waals surface area contributed by atoms with Gasteiger partial charge in [0.25, 0.3) is 5.91 Å². The van der Waals surface area contributed by atoms with Gasteiger partial charge in [-0.05, 0) is 30.9 Å². The van der Waals surface area contributed by atoms with Gasteiger partial charge in [-0.2, -0.15) is 0 Å². The van der Waals surface area contributed by atoms with E-state index in [1.165, 1.54) is 24.4 Å². The lowest BCUT2D eigenvalue weighted by molar-refractivity contribution is 0.0471. The van der Waals surface area contributed by atoms with E-state index in [0.717, 1.165) is 30.8 Å². The number of carbonyl (C=O) groups excluding carboxylic acids is 1. The molecule has 120 valence electrons. The van der Waals surface area contributed by atoms with Crippen LogP contribution in [0.1, 0.15) is 22.5 Å². The molecule has 3 atom stereocenters. The second-order valence-electron chi connectivity index (χ2n) is 5.92. The molecule has 2 fully saturated rings. The maximum atomic E-state index is 13.8. The fourth-order valence-corrected chi connectivity index (χ4v) is 4.14. The first kappa shape index (κ1) is 14.7. The SMILES string of the molecule is O=C(N[C@@H]1C[C@@H]2CO[C@H]1C2)c1cnc(-c2c(F)cccc2F)s1. The molecule has 1 aromatic heterocycles. The van der Waals surface area contributed by atoms with Gasteiger partial charge in [0.1, 0.15) is 21.5 Å². The van der Waals surface area contributed by atoms with Crippen molar-refractivity contribution in [2.24, 2.45) is 5.92 Å². The Bertz CT molecular complexity index is 744. The molecule has 2 aliphatic rings. The zero-order valence-corrected chi connectivity index (χ0v) is 12.9. The van der Waals surface area contributed by atoms with Crippen LogP contribution in [0.15, 0.2) is 24.4 Å². The third-order valence-corrected chi connectivity index (χ3v) is 5.38. The minimum absolute atomic E-state index is 0.0111. The highest BCUT2D eigenvalue weighted by atomic mass is 32.1. The van der Waals surface area contributed by atoms with Crippen molar-refractivity contribution >= 4 is 17.2 Å². The highest BCUT2D eigenvalue weighted by molar-refractivity contribution is 7.16. The third kappa shape index (κ3) is 2.64. The summed E-state index contributed by atoms with van der Waals surface area (Å²) in [6.45, 7) is 0.772. The Labute approximate surface area is 135 Å². The zero-order chi connectivity index (χ0) is 16.0. The summed E-state index contributed by atoms with van der Waals surface area (Å²) in [5.74, 6) is -1.12. The molecule has 0 unspecified atom stereocenters. The van der Waals surface area contributed by atoms with Gasteiger partial charge in [-0.15, -0.1) is 11.3 Å². The number of carbonyl (C=O) groups is 1. The van der Waals surface area contributed by atoms with Crippen LogP contribution in [0.4, 0.5) is 8.78 Å². The highest BCUT2D eigenvalue weighted by Gasteiger charge is 2.41. The van der Waals surface area contributed by atoms with Crippen LogP contribution in [-0.4, -0.2) is 29.6 Å². The Morgan fingerprint density at radius 3 is 2.74 bits per heavy atom. The highest BCUT2D eigenvalue weighted by Crippen LogP contribution is 2.36. The molecule has 0 spiro atoms. The summed E-state index contributed by atoms with van der Waals surface area (Å²) < 4.78 is 33.2. The summed E-state index contributed by atoms with van der Waals surface area (Å²) in [5, 5.41) is 3.10. The third-order valence-electron chi connectivity index (χ3n) is 4.37. The predicted octanol–water partition coefficient (Wildman–Crippen LogP) is 3.00. The monoisotopic (exact) mass is 336 g/mol. The number of hydrogen-bond acceptors (Lipinski definition) is 4. The van der Waals surface area contributed by atoms with Crippen molar-refractivity contribution in [3.63, 3.8) is 0 Å². The van der Waals surface area contributed by atoms with Crippen LogP contribution in [-0.2, 0) is 4.74 Å². The molecule has 2 heterocycles. The minimum Gasteiger partial charge on any atom is -0.376 e. The van der Waals surface area contributed by atoms with Crippen molar-refractivity contribution in [1.82, 2.24) is 10.3 Å². The second kappa shape index (κ2) is 5.65. The summed E-state index contributed by atoms with van der Waals surface area (Å²) in [7, 11) is 0. The topological polar surface area (TPSA) is 51.2 Å². The van der Waals surface area contributed by atoms with Crippen molar-refractivity contribution in [1.29, 1.82) is 0 Å². The van der Waals surface area contributed by atoms with Gasteiger partial charge in [0.15, 0.2) is 0 Å². The van der Waals surface area contributed by atoms with Gasteiger partial charge < -0.3 is 10.1 Å². The van der Waals surface area contributed by atoms with E-state index in [1.54, 1.807) is 0 Å². The Morgan fingerprint density at radius 1 is 1.30 bits per heavy atom. The summed E-state index contributed by atoms with van der Waals surface area (Å²) in [4.78, 5) is 16.6. The molecule has 2 aromatic rings. The molecular weight excluding hydrogens is 322 g/mol. The van der Waals surface area contributed by atoms with Gasteiger partial charge in [-0.1, -0.05) is 6.07 Å². The molecular formula is C16H14F2N2O2S. The molecule has 0 radical (unpaired) electrons. The molecule has 1 N–H and O–H groups in total. The fourth-order valence-electron chi connectivity index (χ4n) is 3.27. The molecule has 1 aliphatic heterocycles. The Morgan fingerprint density at radius 2 is 2.09 bits per heavy atom. The normalized spacial score (nSPS) is 25.7. The van der Waals surface area contributed by atoms with Gasteiger partial charge >= 0.3 is 0 Å². The zero-order valence-electron chi connectivity index (χ0n) is 12.1. The van der Waals surface area contributed by atoms with Crippen LogP contribution < -0.4 is 5.32 Å². The number of rotatable bonds is 3. The molecule has 23 heavy (non-hydrogen) atoms. The second-order valence-corrected chi connectivity index (χ2v) is 6.95. The lowest BCUT2D eigenvalue weighted by Gasteiger charge is -2.22. The van der Waals surface area contributed by atoms with Crippen molar-refractivity contribution in [2.45, 2.75) is 25.0 Å². The van der Waals surface area contributed by atoms with Crippen molar-refractivity contribution < 1.29 is 18.3 Å². The lowest BCUT2D eigenvalue weighted by atomic mass is 10.1. The number of nitrogens with one attached hydrogen (secondary N) is 1. The van der Waals surface area contributed by atoms with E-state index < -0.39 is 11.6 Å². The molecule has 4 rings (SSSR count). The van der Waals surface area contributed by atoms with Gasteiger partial charge in [-0.25, -0.2) is 13.8 Å². The van der Waals surface area contributed by atoms with E-state index in [0.29, 0.717) is 10.8 Å². The van der Waals surface area contributed by atoms with Gasteiger partial charge in [0.05, 0.1) is 30.5 Å². The van der Waals surface area contributed by atoms with E-state index in [9.17, 15) is 13.6 Å². The number of ether oxygens (including phenoxy) is 1. The standard InChI is InChI=1S/C16H14F2N2O2S/c17-9-2-1-3-10(18)14(9)16-19-6-13(23-16)15(21)20-11-4-8-5-12(11)22-7-8/h1-3,6,8,11-12H,4-5,7H2,(H,20,21)/t8-,11+,12-/m0/s1. The molecule has 2 bridgehead atoms. The minimum atomic E-state index is -0.687. The molecule has 1 amide bonds. The Hall–Kier alpha value is -1.86. The van der Waals surface area contributed by atoms with Crippen LogP contribution in [0.5, 0.6) is 0 Å². The van der Waals surface area contributed by atoms with Crippen molar-refractivity contribution in [3.8, 4) is 10.6 Å². The van der Waals surface area contributed by atoms with Crippen LogP contribution in [0.2, 0.25) is 0 Å². The number of fused-ring (bicyclic) bond motifs is 2. The number of halogens is 2. The van der Waals surface area contributed by atoms with E-state index in [-0.39, 0.29) is 28.6 Å². The number of aromatic nitrogens is 1. The molecule has 4 nitrogen and oxygen atoms in total. The summed E-state index contributed by atoms with van der Waals surface area (Å²) in [6.07, 6.45) is 3.35. The summed E-state index contributed by atoms with van der Waals surface area (Å²) in [6, 6.07) is 3.65. The Kier molecular flexibility index (Phi) is 3.61. The fraction of sp³-hybridized carbons (Fsp3) is 0.375. The van der Waals surface area contributed by atoms with E-state index in [1.807, 2.05) is 0 Å². The first-order chi connectivity index (χ1) is 11.1. The van der Waals surface area contributed by atoms with Crippen LogP contribution in [0, 0.1) is 17.6 Å².